The third-order valence-electron chi connectivity index (χ3n) is 3.46. The standard InChI is InChI=1S/C18H20N2O4/c1-23-15-7-3-5-11(17(15)21)9-13(19)14(20)10-12-6-4-8-16(24-2)18(12)22/h3-10,21-22H,19-20H2,1-2H3. The molecule has 6 heteroatoms. The second-order valence-corrected chi connectivity index (χ2v) is 5.00. The summed E-state index contributed by atoms with van der Waals surface area (Å²) in [6, 6.07) is 10.1. The Bertz CT molecular complexity index is 730. The molecule has 0 aliphatic carbocycles. The molecule has 0 aliphatic rings. The third-order valence-corrected chi connectivity index (χ3v) is 3.46. The van der Waals surface area contributed by atoms with Gasteiger partial charge in [-0.25, -0.2) is 0 Å². The summed E-state index contributed by atoms with van der Waals surface area (Å²) < 4.78 is 10.1. The van der Waals surface area contributed by atoms with Gasteiger partial charge >= 0.3 is 0 Å². The molecule has 0 aromatic heterocycles. The topological polar surface area (TPSA) is 111 Å². The van der Waals surface area contributed by atoms with E-state index in [-0.39, 0.29) is 22.9 Å². The molecule has 0 atom stereocenters. The fourth-order valence-corrected chi connectivity index (χ4v) is 2.14. The van der Waals surface area contributed by atoms with Gasteiger partial charge in [0.1, 0.15) is 0 Å². The molecule has 0 unspecified atom stereocenters. The molecule has 0 heterocycles. The van der Waals surface area contributed by atoms with E-state index < -0.39 is 0 Å². The van der Waals surface area contributed by atoms with E-state index in [4.69, 9.17) is 20.9 Å². The zero-order valence-corrected chi connectivity index (χ0v) is 13.5. The van der Waals surface area contributed by atoms with Crippen LogP contribution in [-0.4, -0.2) is 24.4 Å². The van der Waals surface area contributed by atoms with Crippen molar-refractivity contribution in [1.82, 2.24) is 0 Å². The lowest BCUT2D eigenvalue weighted by Crippen LogP contribution is -2.09. The van der Waals surface area contributed by atoms with Gasteiger partial charge in [-0.2, -0.15) is 0 Å². The number of hydrogen-bond acceptors (Lipinski definition) is 6. The van der Waals surface area contributed by atoms with Crippen molar-refractivity contribution in [2.45, 2.75) is 0 Å². The first kappa shape index (κ1) is 17.1. The molecule has 2 aromatic carbocycles. The van der Waals surface area contributed by atoms with Crippen LogP contribution in [0.2, 0.25) is 0 Å². The maximum absolute atomic E-state index is 10.1. The second-order valence-electron chi connectivity index (χ2n) is 5.00. The van der Waals surface area contributed by atoms with E-state index in [1.54, 1.807) is 36.4 Å². The normalized spacial score (nSPS) is 12.1. The van der Waals surface area contributed by atoms with E-state index in [1.807, 2.05) is 0 Å². The Morgan fingerprint density at radius 1 is 0.792 bits per heavy atom. The predicted molar refractivity (Wildman–Crippen MR) is 93.6 cm³/mol. The smallest absolute Gasteiger partial charge is 0.165 e. The van der Waals surface area contributed by atoms with E-state index in [0.717, 1.165) is 0 Å². The highest BCUT2D eigenvalue weighted by Crippen LogP contribution is 2.32. The molecule has 0 bridgehead atoms. The molecule has 24 heavy (non-hydrogen) atoms. The predicted octanol–water partition coefficient (Wildman–Crippen LogP) is 2.41. The molecule has 2 aromatic rings. The summed E-state index contributed by atoms with van der Waals surface area (Å²) in [7, 11) is 2.93. The Morgan fingerprint density at radius 3 is 1.50 bits per heavy atom. The van der Waals surface area contributed by atoms with Crippen molar-refractivity contribution in [3.05, 3.63) is 58.9 Å². The molecule has 0 saturated heterocycles. The lowest BCUT2D eigenvalue weighted by atomic mass is 10.1. The highest BCUT2D eigenvalue weighted by Gasteiger charge is 2.08. The number of para-hydroxylation sites is 2. The van der Waals surface area contributed by atoms with Gasteiger partial charge in [0.2, 0.25) is 0 Å². The Kier molecular flexibility index (Phi) is 5.21. The maximum atomic E-state index is 10.1. The Balaban J connectivity index is 2.37. The van der Waals surface area contributed by atoms with Gasteiger partial charge in [0.05, 0.1) is 25.6 Å². The molecular weight excluding hydrogens is 308 g/mol. The molecule has 6 nitrogen and oxygen atoms in total. The van der Waals surface area contributed by atoms with Gasteiger partial charge in [-0.1, -0.05) is 24.3 Å². The van der Waals surface area contributed by atoms with Crippen LogP contribution < -0.4 is 20.9 Å². The molecule has 0 saturated carbocycles. The van der Waals surface area contributed by atoms with Crippen molar-refractivity contribution in [2.75, 3.05) is 14.2 Å². The van der Waals surface area contributed by atoms with Gasteiger partial charge < -0.3 is 31.2 Å². The quantitative estimate of drug-likeness (QED) is 0.627. The van der Waals surface area contributed by atoms with Crippen molar-refractivity contribution >= 4 is 12.2 Å². The summed E-state index contributed by atoms with van der Waals surface area (Å²) in [5.74, 6) is 0.619. The van der Waals surface area contributed by atoms with Gasteiger partial charge in [-0.05, 0) is 24.3 Å². The lowest BCUT2D eigenvalue weighted by molar-refractivity contribution is 0.373. The Morgan fingerprint density at radius 2 is 1.17 bits per heavy atom. The van der Waals surface area contributed by atoms with Gasteiger partial charge in [-0.15, -0.1) is 0 Å². The van der Waals surface area contributed by atoms with Gasteiger partial charge in [0.15, 0.2) is 23.0 Å². The average molecular weight is 328 g/mol. The summed E-state index contributed by atoms with van der Waals surface area (Å²) in [5.41, 5.74) is 13.4. The number of ether oxygens (including phenoxy) is 2. The zero-order valence-electron chi connectivity index (χ0n) is 13.5. The van der Waals surface area contributed by atoms with Crippen LogP contribution >= 0.6 is 0 Å². The van der Waals surface area contributed by atoms with E-state index in [0.29, 0.717) is 22.6 Å². The van der Waals surface area contributed by atoms with Crippen molar-refractivity contribution < 1.29 is 19.7 Å². The molecule has 2 rings (SSSR count). The summed E-state index contributed by atoms with van der Waals surface area (Å²) in [5, 5.41) is 20.2. The minimum absolute atomic E-state index is 0.0278. The van der Waals surface area contributed by atoms with Crippen LogP contribution in [0, 0.1) is 0 Å². The minimum Gasteiger partial charge on any atom is -0.504 e. The number of rotatable bonds is 5. The Hall–Kier alpha value is -3.28. The highest BCUT2D eigenvalue weighted by atomic mass is 16.5. The van der Waals surface area contributed by atoms with E-state index in [9.17, 15) is 10.2 Å². The van der Waals surface area contributed by atoms with Gasteiger partial charge in [-0.3, -0.25) is 0 Å². The van der Waals surface area contributed by atoms with Crippen LogP contribution in [0.1, 0.15) is 11.1 Å². The molecule has 0 radical (unpaired) electrons. The number of aromatic hydroxyl groups is 2. The molecule has 6 N–H and O–H groups in total. The average Bonchev–Trinajstić information content (AvgIpc) is 2.58. The van der Waals surface area contributed by atoms with E-state index in [1.165, 1.54) is 26.4 Å². The molecule has 0 fully saturated rings. The first-order valence-electron chi connectivity index (χ1n) is 7.14. The van der Waals surface area contributed by atoms with Gasteiger partial charge in [0.25, 0.3) is 0 Å². The van der Waals surface area contributed by atoms with E-state index >= 15 is 0 Å². The molecule has 126 valence electrons. The number of phenolic OH excluding ortho intramolecular Hbond substituents is 2. The first-order valence-corrected chi connectivity index (χ1v) is 7.14. The molecule has 0 aliphatic heterocycles. The largest absolute Gasteiger partial charge is 0.504 e. The number of hydrogen-bond donors (Lipinski definition) is 4. The summed E-state index contributed by atoms with van der Waals surface area (Å²) in [6.07, 6.45) is 3.06. The third kappa shape index (κ3) is 3.55. The van der Waals surface area contributed by atoms with Crippen molar-refractivity contribution in [2.24, 2.45) is 11.5 Å². The fraction of sp³-hybridized carbons (Fsp3) is 0.111. The number of methoxy groups -OCH3 is 2. The van der Waals surface area contributed by atoms with Crippen LogP contribution in [-0.2, 0) is 0 Å². The second kappa shape index (κ2) is 7.32. The minimum atomic E-state index is -0.0278. The monoisotopic (exact) mass is 328 g/mol. The lowest BCUT2D eigenvalue weighted by Gasteiger charge is -2.09. The Labute approximate surface area is 140 Å². The number of nitrogens with two attached hydrogens (primary N) is 2. The first-order chi connectivity index (χ1) is 11.5. The number of phenols is 2. The van der Waals surface area contributed by atoms with Crippen LogP contribution in [0.15, 0.2) is 47.8 Å². The zero-order chi connectivity index (χ0) is 17.7. The van der Waals surface area contributed by atoms with Crippen molar-refractivity contribution in [3.63, 3.8) is 0 Å². The fourth-order valence-electron chi connectivity index (χ4n) is 2.14. The van der Waals surface area contributed by atoms with Crippen LogP contribution in [0.3, 0.4) is 0 Å². The summed E-state index contributed by atoms with van der Waals surface area (Å²) >= 11 is 0. The summed E-state index contributed by atoms with van der Waals surface area (Å²) in [6.45, 7) is 0. The van der Waals surface area contributed by atoms with Crippen LogP contribution in [0.5, 0.6) is 23.0 Å². The van der Waals surface area contributed by atoms with E-state index in [2.05, 4.69) is 0 Å². The van der Waals surface area contributed by atoms with Crippen molar-refractivity contribution in [3.8, 4) is 23.0 Å². The summed E-state index contributed by atoms with van der Waals surface area (Å²) in [4.78, 5) is 0. The van der Waals surface area contributed by atoms with Crippen molar-refractivity contribution in [1.29, 1.82) is 0 Å². The molecule has 0 spiro atoms. The SMILES string of the molecule is COc1cccc(C=C(N)C(N)=Cc2cccc(OC)c2O)c1O. The van der Waals surface area contributed by atoms with Gasteiger partial charge in [0, 0.05) is 11.1 Å². The van der Waals surface area contributed by atoms with Crippen LogP contribution in [0.25, 0.3) is 12.2 Å². The molecular formula is C18H20N2O4. The highest BCUT2D eigenvalue weighted by molar-refractivity contribution is 5.71. The maximum Gasteiger partial charge on any atom is 0.165 e. The number of benzene rings is 2. The molecule has 0 amide bonds. The van der Waals surface area contributed by atoms with Crippen LogP contribution in [0.4, 0.5) is 0 Å².